The van der Waals surface area contributed by atoms with Crippen LogP contribution < -0.4 is 0 Å². The van der Waals surface area contributed by atoms with Crippen molar-refractivity contribution in [1.82, 2.24) is 4.67 Å². The van der Waals surface area contributed by atoms with Gasteiger partial charge in [-0.2, -0.15) is 5.26 Å². The summed E-state index contributed by atoms with van der Waals surface area (Å²) in [5.41, 5.74) is 0. The van der Waals surface area contributed by atoms with E-state index in [-0.39, 0.29) is 10.9 Å². The molecule has 2 atom stereocenters. The third-order valence-electron chi connectivity index (χ3n) is 3.15. The van der Waals surface area contributed by atoms with Crippen molar-refractivity contribution in [2.24, 2.45) is 0 Å². The van der Waals surface area contributed by atoms with Gasteiger partial charge in [-0.1, -0.05) is 28.2 Å². The summed E-state index contributed by atoms with van der Waals surface area (Å²) in [7, 11) is 2.27. The lowest BCUT2D eigenvalue weighted by atomic mass is 10.1. The fourth-order valence-electron chi connectivity index (χ4n) is 2.21. The minimum absolute atomic E-state index is 0.0272. The fraction of sp³-hybridized carbons (Fsp3) is 0.800. The molecule has 7 heteroatoms. The van der Waals surface area contributed by atoms with Crippen molar-refractivity contribution in [3.8, 4) is 6.07 Å². The molecule has 1 rings (SSSR count). The molecule has 22 heavy (non-hydrogen) atoms. The van der Waals surface area contributed by atoms with Crippen LogP contribution in [-0.2, 0) is 9.05 Å². The lowest BCUT2D eigenvalue weighted by Gasteiger charge is -2.38. The van der Waals surface area contributed by atoms with Gasteiger partial charge in [0, 0.05) is 17.0 Å². The summed E-state index contributed by atoms with van der Waals surface area (Å²) in [6, 6.07) is 2.75. The lowest BCUT2D eigenvalue weighted by molar-refractivity contribution is 0.139. The highest BCUT2D eigenvalue weighted by Crippen LogP contribution is 2.59. The zero-order valence-corrected chi connectivity index (χ0v) is 16.9. The monoisotopic (exact) mass is 362 g/mol. The molecule has 0 aliphatic carbocycles. The topological polar surface area (TPSA) is 45.5 Å². The van der Waals surface area contributed by atoms with Gasteiger partial charge in [0.05, 0.1) is 23.8 Å². The van der Waals surface area contributed by atoms with Gasteiger partial charge < -0.3 is 9.05 Å². The van der Waals surface area contributed by atoms with Gasteiger partial charge in [0.15, 0.2) is 0 Å². The third kappa shape index (κ3) is 5.40. The Bertz CT molecular complexity index is 416. The Morgan fingerprint density at radius 2 is 1.95 bits per heavy atom. The van der Waals surface area contributed by atoms with Crippen molar-refractivity contribution in [3.05, 3.63) is 11.5 Å². The van der Waals surface area contributed by atoms with E-state index >= 15 is 0 Å². The van der Waals surface area contributed by atoms with Crippen LogP contribution in [0.3, 0.4) is 0 Å². The second kappa shape index (κ2) is 8.92. The Morgan fingerprint density at radius 1 is 1.36 bits per heavy atom. The fourth-order valence-corrected chi connectivity index (χ4v) is 6.82. The number of hydrogen-bond acceptors (Lipinski definition) is 6. The Kier molecular flexibility index (Phi) is 8.22. The Balaban J connectivity index is 2.89. The van der Waals surface area contributed by atoms with Crippen molar-refractivity contribution < 1.29 is 9.05 Å². The zero-order chi connectivity index (χ0) is 16.9. The molecule has 1 aliphatic rings. The van der Waals surface area contributed by atoms with E-state index in [1.54, 1.807) is 21.6 Å². The Labute approximate surface area is 144 Å². The van der Waals surface area contributed by atoms with Gasteiger partial charge in [-0.3, -0.25) is 0 Å². The third-order valence-corrected chi connectivity index (χ3v) is 8.58. The van der Waals surface area contributed by atoms with Crippen LogP contribution in [0.4, 0.5) is 0 Å². The van der Waals surface area contributed by atoms with E-state index in [9.17, 15) is 0 Å². The molecule has 1 fully saturated rings. The zero-order valence-electron chi connectivity index (χ0n) is 14.3. The number of hydrogen-bond donors (Lipinski definition) is 0. The summed E-state index contributed by atoms with van der Waals surface area (Å²) < 4.78 is 14.6. The smallest absolute Gasteiger partial charge is 0.259 e. The minimum Gasteiger partial charge on any atom is -0.321 e. The summed E-state index contributed by atoms with van der Waals surface area (Å²) in [4.78, 5) is 1.04. The van der Waals surface area contributed by atoms with Crippen LogP contribution in [-0.4, -0.2) is 34.2 Å². The van der Waals surface area contributed by atoms with Crippen LogP contribution >= 0.6 is 30.1 Å². The molecule has 126 valence electrons. The average Bonchev–Trinajstić information content (AvgIpc) is 2.64. The van der Waals surface area contributed by atoms with Gasteiger partial charge >= 0.3 is 0 Å². The number of nitriles is 1. The predicted octanol–water partition coefficient (Wildman–Crippen LogP) is 5.33. The second-order valence-corrected chi connectivity index (χ2v) is 10.6. The maximum absolute atomic E-state index is 8.75. The van der Waals surface area contributed by atoms with Gasteiger partial charge in [-0.25, -0.2) is 4.67 Å². The molecule has 4 nitrogen and oxygen atoms in total. The number of rotatable bonds is 8. The molecule has 0 aromatic carbocycles. The molecular formula is C15H27N2O2PS2. The van der Waals surface area contributed by atoms with E-state index in [2.05, 4.69) is 58.9 Å². The van der Waals surface area contributed by atoms with E-state index < -0.39 is 8.53 Å². The van der Waals surface area contributed by atoms with E-state index in [4.69, 9.17) is 14.3 Å². The van der Waals surface area contributed by atoms with E-state index in [1.807, 2.05) is 0 Å². The molecule has 0 spiro atoms. The summed E-state index contributed by atoms with van der Waals surface area (Å²) in [6.45, 7) is 17.4. The quantitative estimate of drug-likeness (QED) is 0.330. The van der Waals surface area contributed by atoms with Gasteiger partial charge in [0.2, 0.25) is 0 Å². The summed E-state index contributed by atoms with van der Waals surface area (Å²) in [6.07, 6.45) is 0.334. The first-order valence-corrected chi connectivity index (χ1v) is 10.8. The molecule has 0 amide bonds. The summed E-state index contributed by atoms with van der Waals surface area (Å²) in [5.74, 6) is 0. The van der Waals surface area contributed by atoms with Crippen LogP contribution in [0.1, 0.15) is 48.0 Å². The van der Waals surface area contributed by atoms with Crippen LogP contribution in [0.15, 0.2) is 11.5 Å². The van der Waals surface area contributed by atoms with Crippen molar-refractivity contribution in [1.29, 1.82) is 5.26 Å². The highest BCUT2D eigenvalue weighted by Gasteiger charge is 2.43. The maximum atomic E-state index is 8.75. The van der Waals surface area contributed by atoms with Crippen LogP contribution in [0.2, 0.25) is 0 Å². The molecule has 1 unspecified atom stereocenters. The Hall–Kier alpha value is 0.240. The summed E-state index contributed by atoms with van der Waals surface area (Å²) >= 11 is 0. The van der Waals surface area contributed by atoms with Crippen molar-refractivity contribution >= 4 is 30.1 Å². The highest BCUT2D eigenvalue weighted by molar-refractivity contribution is 8.79. The van der Waals surface area contributed by atoms with Crippen LogP contribution in [0.5, 0.6) is 0 Å². The normalized spacial score (nSPS) is 22.5. The molecule has 0 saturated carbocycles. The van der Waals surface area contributed by atoms with E-state index in [1.165, 1.54) is 0 Å². The first-order chi connectivity index (χ1) is 10.2. The Morgan fingerprint density at radius 3 is 2.36 bits per heavy atom. The predicted molar refractivity (Wildman–Crippen MR) is 98.5 cm³/mol. The number of nitrogens with zero attached hydrogens (tertiary/aromatic N) is 2. The standard InChI is InChI=1S/C15H27N2O2PS2/c1-11(2)17(12(3)4)20(18-10-8-9-16)19-14-13(5)21-22-15(14,6)7/h11-12,14H,5,8,10H2,1-4,6-7H3/t14-,20?/m0/s1. The average molecular weight is 363 g/mol. The molecule has 0 aromatic heterocycles. The molecule has 1 saturated heterocycles. The maximum Gasteiger partial charge on any atom is 0.259 e. The van der Waals surface area contributed by atoms with Gasteiger partial charge in [-0.05, 0) is 41.5 Å². The van der Waals surface area contributed by atoms with Gasteiger partial charge in [0.1, 0.15) is 6.10 Å². The molecule has 0 N–H and O–H groups in total. The van der Waals surface area contributed by atoms with Gasteiger partial charge in [0.25, 0.3) is 8.53 Å². The van der Waals surface area contributed by atoms with Crippen molar-refractivity contribution in [2.45, 2.75) is 70.9 Å². The molecule has 1 aliphatic heterocycles. The summed E-state index contributed by atoms with van der Waals surface area (Å²) in [5, 5.41) is 8.75. The van der Waals surface area contributed by atoms with E-state index in [0.29, 0.717) is 25.1 Å². The van der Waals surface area contributed by atoms with Crippen LogP contribution in [0, 0.1) is 11.3 Å². The largest absolute Gasteiger partial charge is 0.321 e. The molecule has 0 bridgehead atoms. The lowest BCUT2D eigenvalue weighted by Crippen LogP contribution is -2.37. The molecule has 0 aromatic rings. The second-order valence-electron chi connectivity index (χ2n) is 6.27. The van der Waals surface area contributed by atoms with Crippen molar-refractivity contribution in [3.63, 3.8) is 0 Å². The SMILES string of the molecule is C=C1SSC(C)(C)[C@H]1OP(OCCC#N)N(C(C)C)C(C)C. The van der Waals surface area contributed by atoms with Crippen molar-refractivity contribution in [2.75, 3.05) is 6.61 Å². The highest BCUT2D eigenvalue weighted by atomic mass is 33.1. The molecule has 1 heterocycles. The first-order valence-electron chi connectivity index (χ1n) is 7.50. The first kappa shape index (κ1) is 20.3. The van der Waals surface area contributed by atoms with Gasteiger partial charge in [-0.15, -0.1) is 0 Å². The van der Waals surface area contributed by atoms with E-state index in [0.717, 1.165) is 4.91 Å². The minimum atomic E-state index is -1.22. The molecule has 0 radical (unpaired) electrons. The van der Waals surface area contributed by atoms with Crippen LogP contribution in [0.25, 0.3) is 0 Å². The molecular weight excluding hydrogens is 335 g/mol.